The summed E-state index contributed by atoms with van der Waals surface area (Å²) in [5, 5.41) is 17.3. The van der Waals surface area contributed by atoms with Crippen LogP contribution in [0.15, 0.2) is 47.1 Å². The molecule has 0 bridgehead atoms. The van der Waals surface area contributed by atoms with Crippen LogP contribution in [0.5, 0.6) is 0 Å². The number of carbonyl (C=O) groups excluding carboxylic acids is 1. The standard InChI is InChI=1S/C14H13N3O4/c18-13(19)5-4-10-2-1-3-11(8-10)17-14(20)15-9-12-6-7-16-21-12/h1-8H,9H2,(H,18,19)(H2,15,17,20)/b5-4+. The molecule has 21 heavy (non-hydrogen) atoms. The van der Waals surface area contributed by atoms with Crippen LogP contribution in [0.2, 0.25) is 0 Å². The lowest BCUT2D eigenvalue weighted by Gasteiger charge is -2.06. The fourth-order valence-corrected chi connectivity index (χ4v) is 1.56. The summed E-state index contributed by atoms with van der Waals surface area (Å²) in [7, 11) is 0. The Hall–Kier alpha value is -3.09. The van der Waals surface area contributed by atoms with E-state index in [1.165, 1.54) is 12.3 Å². The molecule has 1 aromatic carbocycles. The molecule has 0 spiro atoms. The molecular formula is C14H13N3O4. The van der Waals surface area contributed by atoms with Crippen molar-refractivity contribution < 1.29 is 19.2 Å². The average Bonchev–Trinajstić information content (AvgIpc) is 2.97. The van der Waals surface area contributed by atoms with Gasteiger partial charge in [0.15, 0.2) is 5.76 Å². The Morgan fingerprint density at radius 2 is 2.19 bits per heavy atom. The van der Waals surface area contributed by atoms with E-state index in [0.29, 0.717) is 17.0 Å². The molecule has 0 atom stereocenters. The highest BCUT2D eigenvalue weighted by molar-refractivity contribution is 5.90. The molecule has 7 nitrogen and oxygen atoms in total. The first-order chi connectivity index (χ1) is 10.1. The van der Waals surface area contributed by atoms with Gasteiger partial charge in [0.2, 0.25) is 0 Å². The summed E-state index contributed by atoms with van der Waals surface area (Å²) < 4.78 is 4.85. The Morgan fingerprint density at radius 1 is 1.33 bits per heavy atom. The molecular weight excluding hydrogens is 274 g/mol. The highest BCUT2D eigenvalue weighted by Gasteiger charge is 2.03. The van der Waals surface area contributed by atoms with Crippen molar-refractivity contribution in [2.24, 2.45) is 0 Å². The van der Waals surface area contributed by atoms with Gasteiger partial charge in [0, 0.05) is 17.8 Å². The topological polar surface area (TPSA) is 104 Å². The molecule has 0 saturated carbocycles. The summed E-state index contributed by atoms with van der Waals surface area (Å²) in [6.07, 6.45) is 3.97. The molecule has 0 fully saturated rings. The lowest BCUT2D eigenvalue weighted by atomic mass is 10.2. The molecule has 0 unspecified atom stereocenters. The highest BCUT2D eigenvalue weighted by Crippen LogP contribution is 2.12. The lowest BCUT2D eigenvalue weighted by molar-refractivity contribution is -0.131. The summed E-state index contributed by atoms with van der Waals surface area (Å²) in [5.74, 6) is -0.485. The van der Waals surface area contributed by atoms with Gasteiger partial charge in [-0.3, -0.25) is 0 Å². The van der Waals surface area contributed by atoms with Crippen molar-refractivity contribution in [3.8, 4) is 0 Å². The van der Waals surface area contributed by atoms with Crippen molar-refractivity contribution in [2.45, 2.75) is 6.54 Å². The number of carbonyl (C=O) groups is 2. The second-order valence-corrected chi connectivity index (χ2v) is 4.08. The molecule has 2 rings (SSSR count). The number of rotatable bonds is 5. The van der Waals surface area contributed by atoms with Gasteiger partial charge in [-0.05, 0) is 23.8 Å². The van der Waals surface area contributed by atoms with E-state index in [2.05, 4.69) is 15.8 Å². The quantitative estimate of drug-likeness (QED) is 0.730. The largest absolute Gasteiger partial charge is 0.478 e. The predicted molar refractivity (Wildman–Crippen MR) is 75.5 cm³/mol. The van der Waals surface area contributed by atoms with Gasteiger partial charge in [0.25, 0.3) is 0 Å². The van der Waals surface area contributed by atoms with E-state index in [1.54, 1.807) is 30.3 Å². The molecule has 1 aromatic heterocycles. The zero-order valence-electron chi connectivity index (χ0n) is 10.9. The molecule has 7 heteroatoms. The SMILES string of the molecule is O=C(O)/C=C/c1cccc(NC(=O)NCc2ccno2)c1. The Morgan fingerprint density at radius 3 is 2.90 bits per heavy atom. The fourth-order valence-electron chi connectivity index (χ4n) is 1.56. The van der Waals surface area contributed by atoms with Crippen LogP contribution in [0, 0.1) is 0 Å². The Balaban J connectivity index is 1.91. The average molecular weight is 287 g/mol. The summed E-state index contributed by atoms with van der Waals surface area (Å²) in [5.41, 5.74) is 1.23. The monoisotopic (exact) mass is 287 g/mol. The van der Waals surface area contributed by atoms with Gasteiger partial charge >= 0.3 is 12.0 Å². The molecule has 0 aliphatic carbocycles. The molecule has 0 saturated heterocycles. The Kier molecular flexibility index (Phi) is 4.70. The van der Waals surface area contributed by atoms with Crippen molar-refractivity contribution in [3.05, 3.63) is 53.9 Å². The molecule has 2 amide bonds. The van der Waals surface area contributed by atoms with E-state index >= 15 is 0 Å². The van der Waals surface area contributed by atoms with Crippen LogP contribution >= 0.6 is 0 Å². The predicted octanol–water partition coefficient (Wildman–Crippen LogP) is 2.09. The molecule has 1 heterocycles. The highest BCUT2D eigenvalue weighted by atomic mass is 16.5. The van der Waals surface area contributed by atoms with Gasteiger partial charge in [0.1, 0.15) is 0 Å². The maximum atomic E-state index is 11.7. The van der Waals surface area contributed by atoms with Crippen molar-refractivity contribution in [1.29, 1.82) is 0 Å². The number of nitrogens with zero attached hydrogens (tertiary/aromatic N) is 1. The van der Waals surface area contributed by atoms with Gasteiger partial charge in [-0.2, -0.15) is 0 Å². The van der Waals surface area contributed by atoms with Crippen molar-refractivity contribution >= 4 is 23.8 Å². The summed E-state index contributed by atoms with van der Waals surface area (Å²) in [6.45, 7) is 0.227. The first-order valence-corrected chi connectivity index (χ1v) is 6.09. The molecule has 0 radical (unpaired) electrons. The minimum atomic E-state index is -1.03. The maximum absolute atomic E-state index is 11.7. The van der Waals surface area contributed by atoms with Crippen LogP contribution in [0.1, 0.15) is 11.3 Å². The van der Waals surface area contributed by atoms with Gasteiger partial charge < -0.3 is 20.3 Å². The number of nitrogens with one attached hydrogen (secondary N) is 2. The molecule has 0 aliphatic rings. The number of hydrogen-bond acceptors (Lipinski definition) is 4. The minimum absolute atomic E-state index is 0.227. The third-order valence-electron chi connectivity index (χ3n) is 2.48. The lowest BCUT2D eigenvalue weighted by Crippen LogP contribution is -2.27. The van der Waals surface area contributed by atoms with Crippen LogP contribution < -0.4 is 10.6 Å². The van der Waals surface area contributed by atoms with E-state index < -0.39 is 12.0 Å². The van der Waals surface area contributed by atoms with Crippen LogP contribution in [0.4, 0.5) is 10.5 Å². The number of benzene rings is 1. The zero-order chi connectivity index (χ0) is 15.1. The second-order valence-electron chi connectivity index (χ2n) is 4.08. The van der Waals surface area contributed by atoms with E-state index in [-0.39, 0.29) is 6.54 Å². The third kappa shape index (κ3) is 4.83. The van der Waals surface area contributed by atoms with Crippen LogP contribution in [-0.2, 0) is 11.3 Å². The van der Waals surface area contributed by atoms with Gasteiger partial charge in [-0.15, -0.1) is 0 Å². The number of anilines is 1. The minimum Gasteiger partial charge on any atom is -0.478 e. The molecule has 0 aliphatic heterocycles. The van der Waals surface area contributed by atoms with Crippen molar-refractivity contribution in [2.75, 3.05) is 5.32 Å². The number of aromatic nitrogens is 1. The van der Waals surface area contributed by atoms with Gasteiger partial charge in [0.05, 0.1) is 12.7 Å². The van der Waals surface area contributed by atoms with Crippen molar-refractivity contribution in [3.63, 3.8) is 0 Å². The smallest absolute Gasteiger partial charge is 0.328 e. The van der Waals surface area contributed by atoms with Gasteiger partial charge in [-0.25, -0.2) is 9.59 Å². The number of carboxylic acid groups (broad SMARTS) is 1. The molecule has 2 aromatic rings. The number of amides is 2. The summed E-state index contributed by atoms with van der Waals surface area (Å²) in [4.78, 5) is 22.1. The van der Waals surface area contributed by atoms with E-state index in [4.69, 9.17) is 9.63 Å². The summed E-state index contributed by atoms with van der Waals surface area (Å²) in [6, 6.07) is 8.06. The zero-order valence-corrected chi connectivity index (χ0v) is 10.9. The van der Waals surface area contributed by atoms with E-state index in [1.807, 2.05) is 0 Å². The molecule has 108 valence electrons. The summed E-state index contributed by atoms with van der Waals surface area (Å²) >= 11 is 0. The fraction of sp³-hybridized carbons (Fsp3) is 0.0714. The number of carboxylic acids is 1. The van der Waals surface area contributed by atoms with Crippen molar-refractivity contribution in [1.82, 2.24) is 10.5 Å². The van der Waals surface area contributed by atoms with Gasteiger partial charge in [-0.1, -0.05) is 17.3 Å². The number of hydrogen-bond donors (Lipinski definition) is 3. The number of urea groups is 1. The van der Waals surface area contributed by atoms with E-state index in [0.717, 1.165) is 6.08 Å². The Labute approximate surface area is 120 Å². The second kappa shape index (κ2) is 6.90. The first-order valence-electron chi connectivity index (χ1n) is 6.09. The normalized spacial score (nSPS) is 10.5. The molecule has 3 N–H and O–H groups in total. The number of aliphatic carboxylic acids is 1. The van der Waals surface area contributed by atoms with Crippen LogP contribution in [0.25, 0.3) is 6.08 Å². The van der Waals surface area contributed by atoms with E-state index in [9.17, 15) is 9.59 Å². The first kappa shape index (κ1) is 14.3. The Bertz CT molecular complexity index is 650. The third-order valence-corrected chi connectivity index (χ3v) is 2.48. The van der Waals surface area contributed by atoms with Crippen LogP contribution in [0.3, 0.4) is 0 Å². The maximum Gasteiger partial charge on any atom is 0.328 e. The van der Waals surface area contributed by atoms with Crippen LogP contribution in [-0.4, -0.2) is 22.3 Å².